The summed E-state index contributed by atoms with van der Waals surface area (Å²) >= 11 is 0. The predicted molar refractivity (Wildman–Crippen MR) is 84.9 cm³/mol. The van der Waals surface area contributed by atoms with Crippen LogP contribution in [0.5, 0.6) is 5.88 Å². The zero-order chi connectivity index (χ0) is 15.3. The summed E-state index contributed by atoms with van der Waals surface area (Å²) in [5.74, 6) is 1.18. The van der Waals surface area contributed by atoms with Crippen LogP contribution in [-0.2, 0) is 4.74 Å². The van der Waals surface area contributed by atoms with Gasteiger partial charge in [-0.1, -0.05) is 12.1 Å². The Hall–Kier alpha value is -1.88. The van der Waals surface area contributed by atoms with Crippen LogP contribution < -0.4 is 10.1 Å². The summed E-state index contributed by atoms with van der Waals surface area (Å²) < 4.78 is 11.4. The van der Waals surface area contributed by atoms with E-state index in [0.29, 0.717) is 25.0 Å². The number of fused-ring (bicyclic) bond motifs is 1. The Bertz CT molecular complexity index is 594. The molecule has 1 heterocycles. The van der Waals surface area contributed by atoms with Crippen LogP contribution in [0.15, 0.2) is 24.3 Å². The molecule has 114 valence electrons. The van der Waals surface area contributed by atoms with Gasteiger partial charge in [0.2, 0.25) is 11.8 Å². The van der Waals surface area contributed by atoms with E-state index in [1.807, 2.05) is 52.0 Å². The maximum absolute atomic E-state index is 5.79. The molecule has 1 aromatic carbocycles. The molecule has 0 unspecified atom stereocenters. The van der Waals surface area contributed by atoms with Crippen LogP contribution >= 0.6 is 0 Å². The summed E-state index contributed by atoms with van der Waals surface area (Å²) in [6, 6.07) is 7.83. The number of para-hydroxylation sites is 1. The fourth-order valence-electron chi connectivity index (χ4n) is 1.88. The van der Waals surface area contributed by atoms with Crippen molar-refractivity contribution in [3.8, 4) is 5.88 Å². The summed E-state index contributed by atoms with van der Waals surface area (Å²) in [5.41, 5.74) is 0.710. The Morgan fingerprint density at radius 2 is 1.86 bits per heavy atom. The van der Waals surface area contributed by atoms with Crippen molar-refractivity contribution in [2.75, 3.05) is 25.1 Å². The molecule has 0 bridgehead atoms. The summed E-state index contributed by atoms with van der Waals surface area (Å²) in [6.45, 7) is 9.84. The Morgan fingerprint density at radius 1 is 1.10 bits per heavy atom. The quantitative estimate of drug-likeness (QED) is 0.827. The van der Waals surface area contributed by atoms with Crippen LogP contribution in [0, 0.1) is 0 Å². The van der Waals surface area contributed by atoms with E-state index in [2.05, 4.69) is 15.3 Å². The normalized spacial score (nSPS) is 11.6. The lowest BCUT2D eigenvalue weighted by atomic mass is 10.2. The van der Waals surface area contributed by atoms with Crippen LogP contribution in [0.3, 0.4) is 0 Å². The summed E-state index contributed by atoms with van der Waals surface area (Å²) in [7, 11) is 0. The first kappa shape index (κ1) is 15.5. The monoisotopic (exact) mass is 289 g/mol. The van der Waals surface area contributed by atoms with Crippen molar-refractivity contribution < 1.29 is 9.47 Å². The molecule has 0 aliphatic carbocycles. The number of hydrogen-bond acceptors (Lipinski definition) is 5. The smallest absolute Gasteiger partial charge is 0.226 e. The van der Waals surface area contributed by atoms with Gasteiger partial charge in [0.05, 0.1) is 23.1 Å². The standard InChI is InChI=1S/C16H23N3O2/c1-5-17-15-18-13-9-7-6-8-12(13)14(19-15)20-10-11-21-16(2,3)4/h6-9H,5,10-11H2,1-4H3,(H,17,18,19). The number of nitrogens with zero attached hydrogens (tertiary/aromatic N) is 2. The molecule has 0 spiro atoms. The van der Waals surface area contributed by atoms with Crippen LogP contribution in [0.1, 0.15) is 27.7 Å². The zero-order valence-corrected chi connectivity index (χ0v) is 13.1. The molecular weight excluding hydrogens is 266 g/mol. The highest BCUT2D eigenvalue weighted by Crippen LogP contribution is 2.23. The van der Waals surface area contributed by atoms with Gasteiger partial charge in [0.25, 0.3) is 0 Å². The highest BCUT2D eigenvalue weighted by atomic mass is 16.5. The van der Waals surface area contributed by atoms with E-state index in [-0.39, 0.29) is 5.60 Å². The maximum atomic E-state index is 5.79. The average molecular weight is 289 g/mol. The van der Waals surface area contributed by atoms with Gasteiger partial charge in [0.1, 0.15) is 6.61 Å². The third kappa shape index (κ3) is 4.56. The molecule has 5 heteroatoms. The van der Waals surface area contributed by atoms with E-state index in [9.17, 15) is 0 Å². The summed E-state index contributed by atoms with van der Waals surface area (Å²) in [5, 5.41) is 4.03. The van der Waals surface area contributed by atoms with E-state index >= 15 is 0 Å². The molecule has 0 saturated heterocycles. The van der Waals surface area contributed by atoms with Crippen molar-refractivity contribution in [2.45, 2.75) is 33.3 Å². The van der Waals surface area contributed by atoms with E-state index in [4.69, 9.17) is 9.47 Å². The predicted octanol–water partition coefficient (Wildman–Crippen LogP) is 3.26. The SMILES string of the molecule is CCNc1nc(OCCOC(C)(C)C)c2ccccc2n1. The molecule has 0 fully saturated rings. The number of ether oxygens (including phenoxy) is 2. The maximum Gasteiger partial charge on any atom is 0.226 e. The first-order chi connectivity index (χ1) is 9.99. The van der Waals surface area contributed by atoms with E-state index < -0.39 is 0 Å². The number of anilines is 1. The minimum absolute atomic E-state index is 0.161. The number of aromatic nitrogens is 2. The van der Waals surface area contributed by atoms with E-state index in [1.54, 1.807) is 0 Å². The molecule has 0 atom stereocenters. The molecule has 5 nitrogen and oxygen atoms in total. The van der Waals surface area contributed by atoms with Gasteiger partial charge in [-0.2, -0.15) is 4.98 Å². The van der Waals surface area contributed by atoms with Gasteiger partial charge in [-0.05, 0) is 39.8 Å². The lowest BCUT2D eigenvalue weighted by molar-refractivity contribution is -0.0166. The van der Waals surface area contributed by atoms with Crippen LogP contribution in [0.2, 0.25) is 0 Å². The lowest BCUT2D eigenvalue weighted by Gasteiger charge is -2.19. The van der Waals surface area contributed by atoms with Gasteiger partial charge in [-0.3, -0.25) is 0 Å². The van der Waals surface area contributed by atoms with Crippen molar-refractivity contribution >= 4 is 16.9 Å². The largest absolute Gasteiger partial charge is 0.475 e. The lowest BCUT2D eigenvalue weighted by Crippen LogP contribution is -2.22. The second kappa shape index (κ2) is 6.72. The van der Waals surface area contributed by atoms with E-state index in [0.717, 1.165) is 17.4 Å². The molecule has 0 amide bonds. The van der Waals surface area contributed by atoms with Crippen LogP contribution in [-0.4, -0.2) is 35.3 Å². The molecule has 1 N–H and O–H groups in total. The topological polar surface area (TPSA) is 56.3 Å². The second-order valence-corrected chi connectivity index (χ2v) is 5.71. The average Bonchev–Trinajstić information content (AvgIpc) is 2.43. The van der Waals surface area contributed by atoms with Gasteiger partial charge >= 0.3 is 0 Å². The number of nitrogens with one attached hydrogen (secondary N) is 1. The van der Waals surface area contributed by atoms with E-state index in [1.165, 1.54) is 0 Å². The second-order valence-electron chi connectivity index (χ2n) is 5.71. The molecule has 2 rings (SSSR count). The molecule has 0 radical (unpaired) electrons. The third-order valence-electron chi connectivity index (χ3n) is 2.76. The molecule has 21 heavy (non-hydrogen) atoms. The molecule has 2 aromatic rings. The molecule has 0 saturated carbocycles. The highest BCUT2D eigenvalue weighted by Gasteiger charge is 2.11. The summed E-state index contributed by atoms with van der Waals surface area (Å²) in [6.07, 6.45) is 0. The zero-order valence-electron chi connectivity index (χ0n) is 13.1. The fourth-order valence-corrected chi connectivity index (χ4v) is 1.88. The van der Waals surface area contributed by atoms with Gasteiger partial charge < -0.3 is 14.8 Å². The Labute approximate surface area is 125 Å². The fraction of sp³-hybridized carbons (Fsp3) is 0.500. The Kier molecular flexibility index (Phi) is 4.96. The van der Waals surface area contributed by atoms with Crippen LogP contribution in [0.4, 0.5) is 5.95 Å². The van der Waals surface area contributed by atoms with Crippen molar-refractivity contribution in [1.29, 1.82) is 0 Å². The van der Waals surface area contributed by atoms with Crippen molar-refractivity contribution in [1.82, 2.24) is 9.97 Å². The number of benzene rings is 1. The first-order valence-electron chi connectivity index (χ1n) is 7.27. The van der Waals surface area contributed by atoms with Gasteiger partial charge in [-0.15, -0.1) is 0 Å². The molecule has 1 aromatic heterocycles. The van der Waals surface area contributed by atoms with Crippen molar-refractivity contribution in [3.05, 3.63) is 24.3 Å². The Morgan fingerprint density at radius 3 is 2.57 bits per heavy atom. The Balaban J connectivity index is 2.13. The van der Waals surface area contributed by atoms with Crippen molar-refractivity contribution in [2.24, 2.45) is 0 Å². The van der Waals surface area contributed by atoms with Gasteiger partial charge in [0, 0.05) is 6.54 Å². The first-order valence-corrected chi connectivity index (χ1v) is 7.27. The van der Waals surface area contributed by atoms with Crippen molar-refractivity contribution in [3.63, 3.8) is 0 Å². The molecule has 0 aliphatic heterocycles. The minimum Gasteiger partial charge on any atom is -0.475 e. The molecular formula is C16H23N3O2. The van der Waals surface area contributed by atoms with Gasteiger partial charge in [-0.25, -0.2) is 4.98 Å². The third-order valence-corrected chi connectivity index (χ3v) is 2.76. The summed E-state index contributed by atoms with van der Waals surface area (Å²) in [4.78, 5) is 8.88. The molecule has 0 aliphatic rings. The van der Waals surface area contributed by atoms with Crippen LogP contribution in [0.25, 0.3) is 10.9 Å². The number of hydrogen-bond donors (Lipinski definition) is 1. The highest BCUT2D eigenvalue weighted by molar-refractivity contribution is 5.84. The van der Waals surface area contributed by atoms with Gasteiger partial charge in [0.15, 0.2) is 0 Å². The minimum atomic E-state index is -0.161. The number of rotatable bonds is 6.